The Balaban J connectivity index is 2.22. The molecule has 1 N–H and O–H groups in total. The van der Waals surface area contributed by atoms with Crippen LogP contribution in [-0.4, -0.2) is 19.1 Å². The van der Waals surface area contributed by atoms with Crippen LogP contribution >= 0.6 is 0 Å². The molecule has 0 saturated carbocycles. The van der Waals surface area contributed by atoms with E-state index in [2.05, 4.69) is 5.32 Å². The molecule has 1 aromatic carbocycles. The van der Waals surface area contributed by atoms with Crippen LogP contribution in [0.1, 0.15) is 23.6 Å². The smallest absolute Gasteiger partial charge is 0.222 e. The van der Waals surface area contributed by atoms with E-state index in [0.29, 0.717) is 19.6 Å². The Morgan fingerprint density at radius 2 is 2.20 bits per heavy atom. The molecule has 1 heterocycles. The Hall–Kier alpha value is -1.35. The molecule has 1 aromatic rings. The number of benzene rings is 1. The molecule has 80 valence electrons. The Morgan fingerprint density at radius 3 is 3.00 bits per heavy atom. The number of carbonyl (C=O) groups is 1. The van der Waals surface area contributed by atoms with E-state index in [4.69, 9.17) is 4.74 Å². The van der Waals surface area contributed by atoms with E-state index in [-0.39, 0.29) is 11.9 Å². The number of rotatable bonds is 1. The lowest BCUT2D eigenvalue weighted by Gasteiger charge is -2.17. The predicted molar refractivity (Wildman–Crippen MR) is 57.5 cm³/mol. The molecule has 1 fully saturated rings. The first-order chi connectivity index (χ1) is 7.27. The first-order valence-electron chi connectivity index (χ1n) is 5.20. The van der Waals surface area contributed by atoms with E-state index in [1.54, 1.807) is 0 Å². The van der Waals surface area contributed by atoms with Crippen molar-refractivity contribution >= 4 is 5.91 Å². The molecule has 3 nitrogen and oxygen atoms in total. The Bertz CT molecular complexity index is 362. The molecule has 1 aliphatic rings. The van der Waals surface area contributed by atoms with Crippen LogP contribution in [0.5, 0.6) is 0 Å². The normalized spacial score (nSPS) is 21.9. The highest BCUT2D eigenvalue weighted by Crippen LogP contribution is 2.19. The van der Waals surface area contributed by atoms with Crippen LogP contribution in [0.3, 0.4) is 0 Å². The quantitative estimate of drug-likeness (QED) is 0.755. The first-order valence-corrected chi connectivity index (χ1v) is 5.20. The summed E-state index contributed by atoms with van der Waals surface area (Å²) >= 11 is 0. The fraction of sp³-hybridized carbons (Fsp3) is 0.417. The summed E-state index contributed by atoms with van der Waals surface area (Å²) in [5.41, 5.74) is 2.33. The van der Waals surface area contributed by atoms with Crippen molar-refractivity contribution in [2.24, 2.45) is 0 Å². The molecule has 0 bridgehead atoms. The van der Waals surface area contributed by atoms with E-state index >= 15 is 0 Å². The average Bonchev–Trinajstić information content (AvgIpc) is 2.43. The van der Waals surface area contributed by atoms with Crippen LogP contribution in [0.2, 0.25) is 0 Å². The van der Waals surface area contributed by atoms with Crippen molar-refractivity contribution in [1.82, 2.24) is 5.32 Å². The predicted octanol–water partition coefficient (Wildman–Crippen LogP) is 1.57. The molecule has 1 unspecified atom stereocenters. The van der Waals surface area contributed by atoms with Crippen molar-refractivity contribution in [1.29, 1.82) is 0 Å². The topological polar surface area (TPSA) is 38.3 Å². The number of hydrogen-bond acceptors (Lipinski definition) is 2. The summed E-state index contributed by atoms with van der Waals surface area (Å²) in [6.45, 7) is 3.14. The molecule has 0 aromatic heterocycles. The highest BCUT2D eigenvalue weighted by molar-refractivity contribution is 5.76. The minimum Gasteiger partial charge on any atom is -0.378 e. The summed E-state index contributed by atoms with van der Waals surface area (Å²) < 4.78 is 5.40. The third kappa shape index (κ3) is 2.36. The molecule has 0 spiro atoms. The van der Waals surface area contributed by atoms with Gasteiger partial charge in [0.25, 0.3) is 0 Å². The monoisotopic (exact) mass is 205 g/mol. The van der Waals surface area contributed by atoms with Gasteiger partial charge in [-0.3, -0.25) is 4.79 Å². The van der Waals surface area contributed by atoms with Crippen molar-refractivity contribution in [2.45, 2.75) is 19.4 Å². The van der Waals surface area contributed by atoms with Gasteiger partial charge in [-0.2, -0.15) is 0 Å². The van der Waals surface area contributed by atoms with Gasteiger partial charge >= 0.3 is 0 Å². The standard InChI is InChI=1S/C12H15NO2/c1-9-4-2-3-5-10(9)11-8-15-7-6-12(14)13-11/h2-5,11H,6-8H2,1H3,(H,13,14). The Kier molecular flexibility index (Phi) is 3.02. The minimum absolute atomic E-state index is 0.00111. The zero-order valence-electron chi connectivity index (χ0n) is 8.82. The van der Waals surface area contributed by atoms with Crippen molar-refractivity contribution in [3.8, 4) is 0 Å². The van der Waals surface area contributed by atoms with Crippen molar-refractivity contribution < 1.29 is 9.53 Å². The van der Waals surface area contributed by atoms with Crippen molar-refractivity contribution in [3.63, 3.8) is 0 Å². The lowest BCUT2D eigenvalue weighted by Crippen LogP contribution is -2.28. The average molecular weight is 205 g/mol. The summed E-state index contributed by atoms with van der Waals surface area (Å²) in [6.07, 6.45) is 0.461. The fourth-order valence-electron chi connectivity index (χ4n) is 1.82. The van der Waals surface area contributed by atoms with Gasteiger partial charge in [0, 0.05) is 6.42 Å². The second-order valence-corrected chi connectivity index (χ2v) is 3.80. The van der Waals surface area contributed by atoms with E-state index < -0.39 is 0 Å². The zero-order chi connectivity index (χ0) is 10.7. The highest BCUT2D eigenvalue weighted by atomic mass is 16.5. The van der Waals surface area contributed by atoms with Gasteiger partial charge in [0.15, 0.2) is 0 Å². The SMILES string of the molecule is Cc1ccccc1C1COCCC(=O)N1. The summed E-state index contributed by atoms with van der Waals surface area (Å²) in [6, 6.07) is 8.07. The van der Waals surface area contributed by atoms with Crippen LogP contribution < -0.4 is 5.32 Å². The maximum atomic E-state index is 11.4. The molecule has 0 radical (unpaired) electrons. The van der Waals surface area contributed by atoms with Crippen LogP contribution in [-0.2, 0) is 9.53 Å². The van der Waals surface area contributed by atoms with E-state index in [1.807, 2.05) is 31.2 Å². The summed E-state index contributed by atoms with van der Waals surface area (Å²) in [5.74, 6) is 0.0701. The van der Waals surface area contributed by atoms with Crippen molar-refractivity contribution in [2.75, 3.05) is 13.2 Å². The molecule has 1 amide bonds. The highest BCUT2D eigenvalue weighted by Gasteiger charge is 2.19. The van der Waals surface area contributed by atoms with E-state index in [1.165, 1.54) is 5.56 Å². The van der Waals surface area contributed by atoms with Gasteiger partial charge in [0.2, 0.25) is 5.91 Å². The lowest BCUT2D eigenvalue weighted by atomic mass is 10.0. The number of amides is 1. The molecule has 0 aliphatic carbocycles. The third-order valence-corrected chi connectivity index (χ3v) is 2.66. The van der Waals surface area contributed by atoms with Crippen LogP contribution in [0.15, 0.2) is 24.3 Å². The van der Waals surface area contributed by atoms with Gasteiger partial charge in [-0.05, 0) is 18.1 Å². The maximum Gasteiger partial charge on any atom is 0.222 e. The molecule has 1 atom stereocenters. The molecule has 2 rings (SSSR count). The fourth-order valence-corrected chi connectivity index (χ4v) is 1.82. The van der Waals surface area contributed by atoms with Gasteiger partial charge in [-0.15, -0.1) is 0 Å². The van der Waals surface area contributed by atoms with E-state index in [0.717, 1.165) is 5.56 Å². The summed E-state index contributed by atoms with van der Waals surface area (Å²) in [7, 11) is 0. The summed E-state index contributed by atoms with van der Waals surface area (Å²) in [4.78, 5) is 11.4. The molecule has 1 saturated heterocycles. The van der Waals surface area contributed by atoms with Gasteiger partial charge in [0.1, 0.15) is 0 Å². The van der Waals surface area contributed by atoms with Crippen LogP contribution in [0.25, 0.3) is 0 Å². The second-order valence-electron chi connectivity index (χ2n) is 3.80. The van der Waals surface area contributed by atoms with E-state index in [9.17, 15) is 4.79 Å². The van der Waals surface area contributed by atoms with Crippen molar-refractivity contribution in [3.05, 3.63) is 35.4 Å². The molecular weight excluding hydrogens is 190 g/mol. The number of ether oxygens (including phenoxy) is 1. The molecular formula is C12H15NO2. The largest absolute Gasteiger partial charge is 0.378 e. The maximum absolute atomic E-state index is 11.4. The van der Waals surface area contributed by atoms with Crippen LogP contribution in [0.4, 0.5) is 0 Å². The number of aryl methyl sites for hydroxylation is 1. The molecule has 15 heavy (non-hydrogen) atoms. The molecule has 3 heteroatoms. The second kappa shape index (κ2) is 4.45. The zero-order valence-corrected chi connectivity index (χ0v) is 8.82. The number of nitrogens with one attached hydrogen (secondary N) is 1. The minimum atomic E-state index is 0.00111. The van der Waals surface area contributed by atoms with Gasteiger partial charge < -0.3 is 10.1 Å². The van der Waals surface area contributed by atoms with Crippen LogP contribution in [0, 0.1) is 6.92 Å². The van der Waals surface area contributed by atoms with Gasteiger partial charge in [-0.25, -0.2) is 0 Å². The Morgan fingerprint density at radius 1 is 1.40 bits per heavy atom. The van der Waals surface area contributed by atoms with Gasteiger partial charge in [0.05, 0.1) is 19.3 Å². The summed E-state index contributed by atoms with van der Waals surface area (Å²) in [5, 5.41) is 2.97. The first kappa shape index (κ1) is 10.2. The molecule has 1 aliphatic heterocycles. The lowest BCUT2D eigenvalue weighted by molar-refractivity contribution is -0.121. The Labute approximate surface area is 89.4 Å². The third-order valence-electron chi connectivity index (χ3n) is 2.66. The number of carbonyl (C=O) groups excluding carboxylic acids is 1. The number of hydrogen-bond donors (Lipinski definition) is 1. The van der Waals surface area contributed by atoms with Gasteiger partial charge in [-0.1, -0.05) is 24.3 Å².